The zero-order valence-corrected chi connectivity index (χ0v) is 11.8. The van der Waals surface area contributed by atoms with Crippen LogP contribution in [-0.2, 0) is 0 Å². The van der Waals surface area contributed by atoms with Gasteiger partial charge in [0.05, 0.1) is 15.5 Å². The lowest BCUT2D eigenvalue weighted by atomic mass is 9.95. The van der Waals surface area contributed by atoms with Crippen LogP contribution in [0.15, 0.2) is 18.2 Å². The SMILES string of the molecule is CC(CN)(NC(=O)c1c(Cl)cccc1[N+](=O)[O-])C1CC1. The molecule has 2 rings (SSSR count). The number of nitrogens with one attached hydrogen (secondary N) is 1. The van der Waals surface area contributed by atoms with Crippen LogP contribution in [0.1, 0.15) is 30.1 Å². The highest BCUT2D eigenvalue weighted by molar-refractivity contribution is 6.34. The lowest BCUT2D eigenvalue weighted by molar-refractivity contribution is -0.385. The summed E-state index contributed by atoms with van der Waals surface area (Å²) in [6, 6.07) is 4.17. The summed E-state index contributed by atoms with van der Waals surface area (Å²) in [6.45, 7) is 2.13. The predicted octanol–water partition coefficient (Wildman–Crippen LogP) is 2.11. The maximum Gasteiger partial charge on any atom is 0.283 e. The fourth-order valence-electron chi connectivity index (χ4n) is 2.25. The summed E-state index contributed by atoms with van der Waals surface area (Å²) < 4.78 is 0. The Morgan fingerprint density at radius 2 is 2.25 bits per heavy atom. The lowest BCUT2D eigenvalue weighted by Crippen LogP contribution is -2.53. The molecule has 6 nitrogen and oxygen atoms in total. The maximum absolute atomic E-state index is 12.3. The Kier molecular flexibility index (Phi) is 3.96. The molecule has 3 N–H and O–H groups in total. The van der Waals surface area contributed by atoms with Crippen molar-refractivity contribution >= 4 is 23.2 Å². The number of halogens is 1. The average molecular weight is 298 g/mol. The van der Waals surface area contributed by atoms with Crippen LogP contribution in [0.25, 0.3) is 0 Å². The van der Waals surface area contributed by atoms with Gasteiger partial charge in [0.15, 0.2) is 0 Å². The third kappa shape index (κ3) is 2.76. The molecule has 20 heavy (non-hydrogen) atoms. The molecule has 1 atom stereocenters. The first-order valence-electron chi connectivity index (χ1n) is 6.34. The van der Waals surface area contributed by atoms with Gasteiger partial charge in [0.25, 0.3) is 11.6 Å². The van der Waals surface area contributed by atoms with E-state index in [1.165, 1.54) is 18.2 Å². The number of carbonyl (C=O) groups is 1. The highest BCUT2D eigenvalue weighted by Crippen LogP contribution is 2.39. The van der Waals surface area contributed by atoms with Gasteiger partial charge in [0.2, 0.25) is 0 Å². The topological polar surface area (TPSA) is 98.3 Å². The number of nitro groups is 1. The second kappa shape index (κ2) is 5.38. The van der Waals surface area contributed by atoms with Crippen molar-refractivity contribution in [1.29, 1.82) is 0 Å². The standard InChI is InChI=1S/C13H16ClN3O3/c1-13(7-15,8-5-6-8)16-12(18)11-9(14)3-2-4-10(11)17(19)20/h2-4,8H,5-7,15H2,1H3,(H,16,18). The molecule has 0 spiro atoms. The van der Waals surface area contributed by atoms with Crippen LogP contribution in [0.4, 0.5) is 5.69 Å². The lowest BCUT2D eigenvalue weighted by Gasteiger charge is -2.29. The maximum atomic E-state index is 12.3. The Labute approximate surface area is 121 Å². The third-order valence-corrected chi connectivity index (χ3v) is 4.03. The summed E-state index contributed by atoms with van der Waals surface area (Å²) in [6.07, 6.45) is 2.00. The zero-order chi connectivity index (χ0) is 14.9. The molecule has 1 amide bonds. The first-order chi connectivity index (χ1) is 9.39. The Balaban J connectivity index is 2.31. The van der Waals surface area contributed by atoms with E-state index in [2.05, 4.69) is 5.32 Å². The van der Waals surface area contributed by atoms with Crippen LogP contribution in [0.3, 0.4) is 0 Å². The first kappa shape index (κ1) is 14.7. The molecule has 0 bridgehead atoms. The van der Waals surface area contributed by atoms with E-state index in [-0.39, 0.29) is 22.8 Å². The van der Waals surface area contributed by atoms with E-state index in [1.54, 1.807) is 0 Å². The van der Waals surface area contributed by atoms with Gasteiger partial charge in [-0.05, 0) is 31.7 Å². The fourth-order valence-corrected chi connectivity index (χ4v) is 2.51. The van der Waals surface area contributed by atoms with Crippen molar-refractivity contribution in [3.8, 4) is 0 Å². The highest BCUT2D eigenvalue weighted by atomic mass is 35.5. The summed E-state index contributed by atoms with van der Waals surface area (Å²) in [5.74, 6) is -0.236. The van der Waals surface area contributed by atoms with Crippen LogP contribution in [0.2, 0.25) is 5.02 Å². The van der Waals surface area contributed by atoms with Gasteiger partial charge in [0.1, 0.15) is 5.56 Å². The number of nitro benzene ring substituents is 1. The monoisotopic (exact) mass is 297 g/mol. The smallest absolute Gasteiger partial charge is 0.283 e. The normalized spacial score (nSPS) is 17.4. The summed E-state index contributed by atoms with van der Waals surface area (Å²) >= 11 is 5.94. The number of hydrogen-bond donors (Lipinski definition) is 2. The van der Waals surface area contributed by atoms with Gasteiger partial charge < -0.3 is 11.1 Å². The molecule has 0 heterocycles. The summed E-state index contributed by atoms with van der Waals surface area (Å²) in [4.78, 5) is 22.7. The van der Waals surface area contributed by atoms with Crippen molar-refractivity contribution in [3.05, 3.63) is 38.9 Å². The van der Waals surface area contributed by atoms with Gasteiger partial charge in [-0.3, -0.25) is 14.9 Å². The number of benzene rings is 1. The van der Waals surface area contributed by atoms with E-state index in [0.717, 1.165) is 12.8 Å². The first-order valence-corrected chi connectivity index (χ1v) is 6.72. The highest BCUT2D eigenvalue weighted by Gasteiger charge is 2.42. The molecule has 108 valence electrons. The molecule has 0 aromatic heterocycles. The second-order valence-electron chi connectivity index (χ2n) is 5.24. The van der Waals surface area contributed by atoms with E-state index < -0.39 is 16.4 Å². The zero-order valence-electron chi connectivity index (χ0n) is 11.1. The van der Waals surface area contributed by atoms with Gasteiger partial charge in [0, 0.05) is 12.6 Å². The van der Waals surface area contributed by atoms with Crippen LogP contribution in [-0.4, -0.2) is 22.9 Å². The summed E-state index contributed by atoms with van der Waals surface area (Å²) in [5.41, 5.74) is 4.76. The number of rotatable bonds is 5. The van der Waals surface area contributed by atoms with E-state index >= 15 is 0 Å². The quantitative estimate of drug-likeness (QED) is 0.642. The van der Waals surface area contributed by atoms with Crippen molar-refractivity contribution in [2.75, 3.05) is 6.54 Å². The van der Waals surface area contributed by atoms with Gasteiger partial charge in [-0.2, -0.15) is 0 Å². The van der Waals surface area contributed by atoms with Gasteiger partial charge in [-0.1, -0.05) is 17.7 Å². The molecule has 1 aromatic carbocycles. The van der Waals surface area contributed by atoms with Crippen LogP contribution in [0, 0.1) is 16.0 Å². The molecule has 7 heteroatoms. The molecular weight excluding hydrogens is 282 g/mol. The van der Waals surface area contributed by atoms with Crippen LogP contribution < -0.4 is 11.1 Å². The molecule has 0 radical (unpaired) electrons. The van der Waals surface area contributed by atoms with Crippen molar-refractivity contribution in [2.45, 2.75) is 25.3 Å². The van der Waals surface area contributed by atoms with Crippen LogP contribution in [0.5, 0.6) is 0 Å². The summed E-state index contributed by atoms with van der Waals surface area (Å²) in [7, 11) is 0. The van der Waals surface area contributed by atoms with E-state index in [0.29, 0.717) is 5.92 Å². The molecule has 1 aliphatic rings. The molecule has 1 aliphatic carbocycles. The third-order valence-electron chi connectivity index (χ3n) is 3.72. The Hall–Kier alpha value is -1.66. The Morgan fingerprint density at radius 3 is 2.75 bits per heavy atom. The Bertz CT molecular complexity index is 560. The predicted molar refractivity (Wildman–Crippen MR) is 75.8 cm³/mol. The molecule has 1 saturated carbocycles. The Morgan fingerprint density at radius 1 is 1.60 bits per heavy atom. The number of amides is 1. The minimum absolute atomic E-state index is 0.0619. The number of nitrogens with two attached hydrogens (primary N) is 1. The van der Waals surface area contributed by atoms with Crippen molar-refractivity contribution in [3.63, 3.8) is 0 Å². The molecule has 1 fully saturated rings. The molecule has 0 saturated heterocycles. The second-order valence-corrected chi connectivity index (χ2v) is 5.65. The number of nitrogens with zero attached hydrogens (tertiary/aromatic N) is 1. The number of hydrogen-bond acceptors (Lipinski definition) is 4. The van der Waals surface area contributed by atoms with Gasteiger partial charge >= 0.3 is 0 Å². The van der Waals surface area contributed by atoms with E-state index in [9.17, 15) is 14.9 Å². The van der Waals surface area contributed by atoms with Crippen LogP contribution >= 0.6 is 11.6 Å². The molecular formula is C13H16ClN3O3. The molecule has 1 unspecified atom stereocenters. The largest absolute Gasteiger partial charge is 0.345 e. The van der Waals surface area contributed by atoms with Gasteiger partial charge in [-0.25, -0.2) is 0 Å². The minimum Gasteiger partial charge on any atom is -0.345 e. The fraction of sp³-hybridized carbons (Fsp3) is 0.462. The number of carbonyl (C=O) groups excluding carboxylic acids is 1. The van der Waals surface area contributed by atoms with E-state index in [4.69, 9.17) is 17.3 Å². The van der Waals surface area contributed by atoms with Crippen molar-refractivity contribution < 1.29 is 9.72 Å². The van der Waals surface area contributed by atoms with Crippen molar-refractivity contribution in [2.24, 2.45) is 11.7 Å². The summed E-state index contributed by atoms with van der Waals surface area (Å²) in [5, 5.41) is 13.9. The molecule has 0 aliphatic heterocycles. The van der Waals surface area contributed by atoms with Crippen molar-refractivity contribution in [1.82, 2.24) is 5.32 Å². The molecule has 1 aromatic rings. The van der Waals surface area contributed by atoms with E-state index in [1.807, 2.05) is 6.92 Å². The van der Waals surface area contributed by atoms with Gasteiger partial charge in [-0.15, -0.1) is 0 Å². The average Bonchev–Trinajstić information content (AvgIpc) is 3.22. The minimum atomic E-state index is -0.613.